The van der Waals surface area contributed by atoms with Gasteiger partial charge in [0.15, 0.2) is 0 Å². The molecular weight excluding hydrogens is 424 g/mol. The Morgan fingerprint density at radius 1 is 1.00 bits per heavy atom. The van der Waals surface area contributed by atoms with Crippen molar-refractivity contribution in [2.45, 2.75) is 116 Å². The Bertz CT molecular complexity index is 852. The highest BCUT2D eigenvalue weighted by Gasteiger charge is 2.67. The molecule has 0 saturated heterocycles. The van der Waals surface area contributed by atoms with Gasteiger partial charge < -0.3 is 4.74 Å². The van der Waals surface area contributed by atoms with Gasteiger partial charge in [0.25, 0.3) is 0 Å². The molecule has 0 aromatic heterocycles. The smallest absolute Gasteiger partial charge is 0.354 e. The van der Waals surface area contributed by atoms with E-state index < -0.39 is 15.4 Å². The highest BCUT2D eigenvalue weighted by Crippen LogP contribution is 2.67. The van der Waals surface area contributed by atoms with Crippen LogP contribution in [0.3, 0.4) is 0 Å². The predicted octanol–water partition coefficient (Wildman–Crippen LogP) is 4.48. The third kappa shape index (κ3) is 3.85. The Morgan fingerprint density at radius 3 is 2.06 bits per heavy atom. The van der Waals surface area contributed by atoms with E-state index in [1.165, 1.54) is 12.8 Å². The maximum absolute atomic E-state index is 14.3. The third-order valence-corrected chi connectivity index (χ3v) is 11.9. The molecule has 0 spiro atoms. The maximum atomic E-state index is 14.3. The van der Waals surface area contributed by atoms with Crippen LogP contribution in [0.5, 0.6) is 0 Å². The van der Waals surface area contributed by atoms with Crippen LogP contribution in [0.1, 0.15) is 97.3 Å². The highest BCUT2D eigenvalue weighted by molar-refractivity contribution is 7.89. The predicted molar refractivity (Wildman–Crippen MR) is 125 cm³/mol. The number of sulfonamides is 1. The van der Waals surface area contributed by atoms with Crippen LogP contribution < -0.4 is 0 Å². The number of rotatable bonds is 7. The van der Waals surface area contributed by atoms with Crippen molar-refractivity contribution in [2.24, 2.45) is 21.7 Å². The van der Waals surface area contributed by atoms with E-state index in [0.29, 0.717) is 18.2 Å². The summed E-state index contributed by atoms with van der Waals surface area (Å²) in [6, 6.07) is 0.300. The lowest BCUT2D eigenvalue weighted by molar-refractivity contribution is -0.147. The van der Waals surface area contributed by atoms with Crippen LogP contribution >= 0.6 is 0 Å². The molecule has 3 atom stereocenters. The number of esters is 1. The van der Waals surface area contributed by atoms with Crippen LogP contribution in [0.4, 0.5) is 0 Å². The topological polar surface area (TPSA) is 76.0 Å². The Labute approximate surface area is 193 Å². The lowest BCUT2D eigenvalue weighted by Crippen LogP contribution is -2.54. The van der Waals surface area contributed by atoms with Gasteiger partial charge in [0.1, 0.15) is 11.8 Å². The fraction of sp³-hybridized carbons (Fsp3) is 0.920. The summed E-state index contributed by atoms with van der Waals surface area (Å²) in [6.45, 7) is 4.91. The molecule has 7 heteroatoms. The SMILES string of the molecule is CC1(C)[C@@H]2CC[C@]1(CS(=O)(=O)N(C1CCCCC1)C1CCCCC1)[C@H](OC(=O)C1=NC1)C2. The summed E-state index contributed by atoms with van der Waals surface area (Å²) in [6.07, 6.45) is 13.3. The molecule has 4 fully saturated rings. The molecule has 2 bridgehead atoms. The minimum atomic E-state index is -3.48. The van der Waals surface area contributed by atoms with E-state index in [1.54, 1.807) is 0 Å². The Balaban J connectivity index is 1.45. The Hall–Kier alpha value is -0.950. The molecule has 0 amide bonds. The fourth-order valence-electron chi connectivity index (χ4n) is 7.70. The number of nitrogens with zero attached hydrogens (tertiary/aromatic N) is 2. The molecular formula is C25H40N2O4S. The largest absolute Gasteiger partial charge is 0.457 e. The van der Waals surface area contributed by atoms with Crippen molar-refractivity contribution in [2.75, 3.05) is 12.3 Å². The monoisotopic (exact) mass is 464 g/mol. The number of ether oxygens (including phenoxy) is 1. The zero-order valence-corrected chi connectivity index (χ0v) is 20.7. The average Bonchev–Trinajstić information content (AvgIpc) is 3.56. The van der Waals surface area contributed by atoms with Crippen molar-refractivity contribution in [3.8, 4) is 0 Å². The van der Waals surface area contributed by atoms with Gasteiger partial charge in [0.05, 0.1) is 12.3 Å². The van der Waals surface area contributed by atoms with Gasteiger partial charge in [0, 0.05) is 17.5 Å². The summed E-state index contributed by atoms with van der Waals surface area (Å²) >= 11 is 0. The molecule has 32 heavy (non-hydrogen) atoms. The summed E-state index contributed by atoms with van der Waals surface area (Å²) in [4.78, 5) is 16.5. The van der Waals surface area contributed by atoms with Crippen molar-refractivity contribution < 1.29 is 17.9 Å². The number of carbonyl (C=O) groups is 1. The first-order valence-electron chi connectivity index (χ1n) is 13.0. The van der Waals surface area contributed by atoms with E-state index >= 15 is 0 Å². The molecule has 0 aromatic rings. The van der Waals surface area contributed by atoms with Crippen LogP contribution in [-0.4, -0.2) is 54.9 Å². The number of hydrogen-bond acceptors (Lipinski definition) is 5. The summed E-state index contributed by atoms with van der Waals surface area (Å²) in [7, 11) is -3.48. The van der Waals surface area contributed by atoms with Crippen molar-refractivity contribution in [1.82, 2.24) is 4.31 Å². The van der Waals surface area contributed by atoms with Crippen LogP contribution in [-0.2, 0) is 19.6 Å². The molecule has 0 unspecified atom stereocenters. The minimum Gasteiger partial charge on any atom is -0.457 e. The zero-order chi connectivity index (χ0) is 22.6. The minimum absolute atomic E-state index is 0.126. The molecule has 1 heterocycles. The molecule has 1 aliphatic heterocycles. The third-order valence-electron chi connectivity index (χ3n) is 9.79. The number of carbonyl (C=O) groups excluding carboxylic acids is 1. The summed E-state index contributed by atoms with van der Waals surface area (Å²) in [5, 5.41) is 0. The van der Waals surface area contributed by atoms with E-state index in [9.17, 15) is 13.2 Å². The van der Waals surface area contributed by atoms with Crippen molar-refractivity contribution >= 4 is 21.7 Å². The fourth-order valence-corrected chi connectivity index (χ4v) is 10.5. The standard InChI is InChI=1S/C25H40N2O4S/c1-24(2)18-13-14-25(24,22(15-18)31-23(28)21-16-26-21)17-32(29,30)27(19-9-5-3-6-10-19)20-11-7-4-8-12-20/h18-20,22H,3-17H2,1-2H3/t18-,22-,25+/m1/s1. The number of aliphatic imine (C=N–C) groups is 1. The van der Waals surface area contributed by atoms with Gasteiger partial charge in [0.2, 0.25) is 10.0 Å². The molecule has 4 aliphatic carbocycles. The van der Waals surface area contributed by atoms with Crippen molar-refractivity contribution in [1.29, 1.82) is 0 Å². The number of hydrogen-bond donors (Lipinski definition) is 0. The van der Waals surface area contributed by atoms with Gasteiger partial charge in [-0.3, -0.25) is 4.99 Å². The molecule has 5 rings (SSSR count). The van der Waals surface area contributed by atoms with Gasteiger partial charge >= 0.3 is 5.97 Å². The first kappa shape index (κ1) is 22.8. The van der Waals surface area contributed by atoms with Crippen LogP contribution in [0.15, 0.2) is 4.99 Å². The van der Waals surface area contributed by atoms with E-state index in [-0.39, 0.29) is 35.3 Å². The highest BCUT2D eigenvalue weighted by atomic mass is 32.2. The van der Waals surface area contributed by atoms with Gasteiger partial charge in [-0.15, -0.1) is 0 Å². The van der Waals surface area contributed by atoms with Gasteiger partial charge in [-0.25, -0.2) is 13.2 Å². The molecule has 0 radical (unpaired) electrons. The maximum Gasteiger partial charge on any atom is 0.354 e. The zero-order valence-electron chi connectivity index (χ0n) is 19.9. The second-order valence-electron chi connectivity index (χ2n) is 11.7. The summed E-state index contributed by atoms with van der Waals surface area (Å²) in [5.41, 5.74) is -0.140. The van der Waals surface area contributed by atoms with Crippen LogP contribution in [0.25, 0.3) is 0 Å². The van der Waals surface area contributed by atoms with Crippen molar-refractivity contribution in [3.05, 3.63) is 0 Å². The Morgan fingerprint density at radius 2 is 1.56 bits per heavy atom. The number of fused-ring (bicyclic) bond motifs is 2. The lowest BCUT2D eigenvalue weighted by atomic mass is 9.69. The first-order valence-corrected chi connectivity index (χ1v) is 14.6. The van der Waals surface area contributed by atoms with Crippen LogP contribution in [0, 0.1) is 16.7 Å². The van der Waals surface area contributed by atoms with Crippen molar-refractivity contribution in [3.63, 3.8) is 0 Å². The first-order chi connectivity index (χ1) is 15.2. The van der Waals surface area contributed by atoms with E-state index in [1.807, 2.05) is 4.31 Å². The Kier molecular flexibility index (Phi) is 5.97. The van der Waals surface area contributed by atoms with Gasteiger partial charge in [-0.2, -0.15) is 4.31 Å². The molecule has 180 valence electrons. The quantitative estimate of drug-likeness (QED) is 0.521. The molecule has 4 saturated carbocycles. The summed E-state index contributed by atoms with van der Waals surface area (Å²) in [5.74, 6) is 0.210. The average molecular weight is 465 g/mol. The second-order valence-corrected chi connectivity index (χ2v) is 13.5. The van der Waals surface area contributed by atoms with E-state index in [2.05, 4.69) is 18.8 Å². The summed E-state index contributed by atoms with van der Waals surface area (Å²) < 4.78 is 36.6. The van der Waals surface area contributed by atoms with E-state index in [0.717, 1.165) is 70.6 Å². The van der Waals surface area contributed by atoms with Gasteiger partial charge in [-0.05, 0) is 56.3 Å². The normalized spacial score (nSPS) is 35.2. The molecule has 0 aromatic carbocycles. The van der Waals surface area contributed by atoms with Crippen LogP contribution in [0.2, 0.25) is 0 Å². The molecule has 5 aliphatic rings. The molecule has 0 N–H and O–H groups in total. The lowest BCUT2D eigenvalue weighted by Gasteiger charge is -2.46. The van der Waals surface area contributed by atoms with E-state index in [4.69, 9.17) is 4.74 Å². The molecule has 6 nitrogen and oxygen atoms in total. The second kappa shape index (κ2) is 8.37. The van der Waals surface area contributed by atoms with Gasteiger partial charge in [-0.1, -0.05) is 52.4 Å².